The molecular formula is C19H29FN2O4. The van der Waals surface area contributed by atoms with Crippen LogP contribution < -0.4 is 0 Å². The van der Waals surface area contributed by atoms with Crippen LogP contribution in [0.25, 0.3) is 0 Å². The lowest BCUT2D eigenvalue weighted by Gasteiger charge is -2.36. The molecule has 0 aliphatic carbocycles. The molecule has 2 atom stereocenters. The summed E-state index contributed by atoms with van der Waals surface area (Å²) in [6.07, 6.45) is 0.235. The number of carbonyl (C=O) groups is 1. The fourth-order valence-corrected chi connectivity index (χ4v) is 2.98. The van der Waals surface area contributed by atoms with E-state index >= 15 is 0 Å². The van der Waals surface area contributed by atoms with E-state index in [-0.39, 0.29) is 23.9 Å². The van der Waals surface area contributed by atoms with E-state index in [1.165, 1.54) is 24.3 Å². The van der Waals surface area contributed by atoms with Crippen LogP contribution >= 0.6 is 0 Å². The molecular weight excluding hydrogens is 339 g/mol. The molecule has 0 unspecified atom stereocenters. The summed E-state index contributed by atoms with van der Waals surface area (Å²) in [5.74, 6) is -0.540. The molecule has 0 spiro atoms. The quantitative estimate of drug-likeness (QED) is 0.714. The molecule has 6 nitrogen and oxygen atoms in total. The number of hydrogen-bond donors (Lipinski definition) is 1. The summed E-state index contributed by atoms with van der Waals surface area (Å²) in [5.41, 5.74) is 0.441. The lowest BCUT2D eigenvalue weighted by atomic mass is 10.1. The number of methoxy groups -OCH3 is 1. The van der Waals surface area contributed by atoms with Crippen molar-refractivity contribution in [1.29, 1.82) is 0 Å². The number of benzene rings is 1. The summed E-state index contributed by atoms with van der Waals surface area (Å²) in [6, 6.07) is 5.55. The van der Waals surface area contributed by atoms with Crippen LogP contribution in [-0.2, 0) is 9.47 Å². The third-order valence-corrected chi connectivity index (χ3v) is 4.53. The topological polar surface area (TPSA) is 62.2 Å². The van der Waals surface area contributed by atoms with E-state index in [9.17, 15) is 14.3 Å². The molecule has 1 aliphatic rings. The first-order valence-electron chi connectivity index (χ1n) is 9.09. The number of aliphatic hydroxyl groups excluding tert-OH is 1. The van der Waals surface area contributed by atoms with Gasteiger partial charge >= 0.3 is 0 Å². The Morgan fingerprint density at radius 1 is 1.46 bits per heavy atom. The van der Waals surface area contributed by atoms with Gasteiger partial charge in [0.2, 0.25) is 0 Å². The maximum Gasteiger partial charge on any atom is 0.254 e. The Balaban J connectivity index is 1.99. The average molecular weight is 368 g/mol. The van der Waals surface area contributed by atoms with Gasteiger partial charge in [-0.2, -0.15) is 0 Å². The van der Waals surface area contributed by atoms with Gasteiger partial charge in [-0.05, 0) is 30.7 Å². The second-order valence-corrected chi connectivity index (χ2v) is 6.57. The van der Waals surface area contributed by atoms with Crippen molar-refractivity contribution in [1.82, 2.24) is 9.80 Å². The lowest BCUT2D eigenvalue weighted by molar-refractivity contribution is -0.0517. The highest BCUT2D eigenvalue weighted by Gasteiger charge is 2.26. The number of aliphatic hydroxyl groups is 1. The molecule has 26 heavy (non-hydrogen) atoms. The molecule has 2 rings (SSSR count). The highest BCUT2D eigenvalue weighted by Crippen LogP contribution is 2.12. The van der Waals surface area contributed by atoms with Crippen molar-refractivity contribution in [2.45, 2.75) is 25.6 Å². The Kier molecular flexibility index (Phi) is 8.44. The first kappa shape index (κ1) is 20.8. The summed E-state index contributed by atoms with van der Waals surface area (Å²) in [4.78, 5) is 16.6. The summed E-state index contributed by atoms with van der Waals surface area (Å²) < 4.78 is 24.0. The normalized spacial score (nSPS) is 19.3. The highest BCUT2D eigenvalue weighted by atomic mass is 19.1. The average Bonchev–Trinajstić information content (AvgIpc) is 2.65. The zero-order valence-corrected chi connectivity index (χ0v) is 15.6. The van der Waals surface area contributed by atoms with Crippen LogP contribution in [0.4, 0.5) is 4.39 Å². The molecule has 1 amide bonds. The van der Waals surface area contributed by atoms with Crippen molar-refractivity contribution < 1.29 is 23.8 Å². The molecule has 1 fully saturated rings. The highest BCUT2D eigenvalue weighted by molar-refractivity contribution is 5.94. The minimum absolute atomic E-state index is 0.130. The third kappa shape index (κ3) is 6.32. The van der Waals surface area contributed by atoms with E-state index in [4.69, 9.17) is 9.47 Å². The fourth-order valence-electron chi connectivity index (χ4n) is 2.98. The van der Waals surface area contributed by atoms with Gasteiger partial charge in [-0.1, -0.05) is 6.92 Å². The number of halogens is 1. The maximum absolute atomic E-state index is 13.1. The number of ether oxygens (including phenoxy) is 2. The van der Waals surface area contributed by atoms with Gasteiger partial charge in [0, 0.05) is 45.4 Å². The molecule has 1 aromatic carbocycles. The van der Waals surface area contributed by atoms with Crippen molar-refractivity contribution in [2.24, 2.45) is 0 Å². The van der Waals surface area contributed by atoms with E-state index in [0.717, 1.165) is 6.54 Å². The molecule has 0 bridgehead atoms. The lowest BCUT2D eigenvalue weighted by Crippen LogP contribution is -2.50. The summed E-state index contributed by atoms with van der Waals surface area (Å²) >= 11 is 0. The van der Waals surface area contributed by atoms with Gasteiger partial charge in [0.1, 0.15) is 5.82 Å². The Labute approximate surface area is 154 Å². The molecule has 1 aromatic rings. The smallest absolute Gasteiger partial charge is 0.254 e. The minimum Gasteiger partial charge on any atom is -0.392 e. The summed E-state index contributed by atoms with van der Waals surface area (Å²) in [7, 11) is 1.59. The molecule has 7 heteroatoms. The SMILES string of the molecule is CC[C@H](O)CN1CCO[C@@H](CN(CCOC)C(=O)c2ccc(F)cc2)C1. The van der Waals surface area contributed by atoms with Gasteiger partial charge < -0.3 is 19.5 Å². The fraction of sp³-hybridized carbons (Fsp3) is 0.632. The number of rotatable bonds is 9. The maximum atomic E-state index is 13.1. The number of β-amino-alcohol motifs (C(OH)–C–C–N with tert-alkyl or cyclic N) is 1. The minimum atomic E-state index is -0.370. The third-order valence-electron chi connectivity index (χ3n) is 4.53. The molecule has 1 saturated heterocycles. The Bertz CT molecular complexity index is 555. The van der Waals surface area contributed by atoms with E-state index in [0.29, 0.717) is 51.4 Å². The number of nitrogens with zero attached hydrogens (tertiary/aromatic N) is 2. The van der Waals surface area contributed by atoms with Gasteiger partial charge in [-0.15, -0.1) is 0 Å². The van der Waals surface area contributed by atoms with Crippen LogP contribution in [0, 0.1) is 5.82 Å². The van der Waals surface area contributed by atoms with Crippen molar-refractivity contribution in [3.05, 3.63) is 35.6 Å². The van der Waals surface area contributed by atoms with Crippen LogP contribution in [0.3, 0.4) is 0 Å². The standard InChI is InChI=1S/C19H29FN2O4/c1-3-17(23)12-21-8-11-26-18(13-21)14-22(9-10-25-2)19(24)15-4-6-16(20)7-5-15/h4-7,17-18,23H,3,8-14H2,1-2H3/t17-,18+/m0/s1. The number of morpholine rings is 1. The Hall–Kier alpha value is -1.54. The van der Waals surface area contributed by atoms with E-state index in [1.54, 1.807) is 12.0 Å². The number of hydrogen-bond acceptors (Lipinski definition) is 5. The second kappa shape index (κ2) is 10.6. The number of carbonyl (C=O) groups excluding carboxylic acids is 1. The van der Waals surface area contributed by atoms with Crippen LogP contribution in [0.15, 0.2) is 24.3 Å². The summed E-state index contributed by atoms with van der Waals surface area (Å²) in [5, 5.41) is 9.86. The van der Waals surface area contributed by atoms with Gasteiger partial charge in [0.15, 0.2) is 0 Å². The van der Waals surface area contributed by atoms with Crippen molar-refractivity contribution in [2.75, 3.05) is 53.0 Å². The van der Waals surface area contributed by atoms with Crippen LogP contribution in [-0.4, -0.2) is 86.1 Å². The molecule has 1 aliphatic heterocycles. The second-order valence-electron chi connectivity index (χ2n) is 6.57. The van der Waals surface area contributed by atoms with Crippen LogP contribution in [0.5, 0.6) is 0 Å². The first-order chi connectivity index (χ1) is 12.5. The monoisotopic (exact) mass is 368 g/mol. The van der Waals surface area contributed by atoms with Crippen LogP contribution in [0.2, 0.25) is 0 Å². The zero-order valence-electron chi connectivity index (χ0n) is 15.6. The molecule has 0 radical (unpaired) electrons. The first-order valence-corrected chi connectivity index (χ1v) is 9.09. The van der Waals surface area contributed by atoms with Crippen LogP contribution in [0.1, 0.15) is 23.7 Å². The molecule has 0 saturated carbocycles. The van der Waals surface area contributed by atoms with Gasteiger partial charge in [-0.3, -0.25) is 9.69 Å². The van der Waals surface area contributed by atoms with Gasteiger partial charge in [-0.25, -0.2) is 4.39 Å². The molecule has 1 heterocycles. The molecule has 0 aromatic heterocycles. The number of amides is 1. The van der Waals surface area contributed by atoms with Gasteiger partial charge in [0.05, 0.1) is 25.4 Å². The van der Waals surface area contributed by atoms with E-state index in [2.05, 4.69) is 4.90 Å². The molecule has 146 valence electrons. The van der Waals surface area contributed by atoms with Crippen molar-refractivity contribution in [3.63, 3.8) is 0 Å². The predicted molar refractivity (Wildman–Crippen MR) is 96.7 cm³/mol. The van der Waals surface area contributed by atoms with Crippen molar-refractivity contribution in [3.8, 4) is 0 Å². The van der Waals surface area contributed by atoms with E-state index in [1.807, 2.05) is 6.92 Å². The molecule has 1 N–H and O–H groups in total. The van der Waals surface area contributed by atoms with Crippen molar-refractivity contribution >= 4 is 5.91 Å². The largest absolute Gasteiger partial charge is 0.392 e. The van der Waals surface area contributed by atoms with Gasteiger partial charge in [0.25, 0.3) is 5.91 Å². The van der Waals surface area contributed by atoms with E-state index < -0.39 is 0 Å². The summed E-state index contributed by atoms with van der Waals surface area (Å²) in [6.45, 7) is 5.86. The zero-order chi connectivity index (χ0) is 18.9. The predicted octanol–water partition coefficient (Wildman–Crippen LogP) is 1.39. The Morgan fingerprint density at radius 2 is 2.19 bits per heavy atom. The Morgan fingerprint density at radius 3 is 2.85 bits per heavy atom.